The van der Waals surface area contributed by atoms with E-state index in [4.69, 9.17) is 10.00 Å². The Morgan fingerprint density at radius 3 is 2.29 bits per heavy atom. The van der Waals surface area contributed by atoms with E-state index in [1.807, 2.05) is 24.3 Å². The summed E-state index contributed by atoms with van der Waals surface area (Å²) in [4.78, 5) is 23.6. The third kappa shape index (κ3) is 6.54. The van der Waals surface area contributed by atoms with Gasteiger partial charge in [0.2, 0.25) is 0 Å². The van der Waals surface area contributed by atoms with Crippen molar-refractivity contribution in [3.05, 3.63) is 95.8 Å². The number of benzene rings is 3. The number of nitrogens with zero attached hydrogens (tertiary/aromatic N) is 1. The second kappa shape index (κ2) is 10.4. The van der Waals surface area contributed by atoms with Crippen LogP contribution in [0.5, 0.6) is 5.75 Å². The van der Waals surface area contributed by atoms with Gasteiger partial charge in [0.25, 0.3) is 11.8 Å². The molecule has 0 fully saturated rings. The summed E-state index contributed by atoms with van der Waals surface area (Å²) in [6, 6.07) is 22.2. The number of hydrogen-bond acceptors (Lipinski definition) is 4. The molecule has 0 spiro atoms. The quantitative estimate of drug-likeness (QED) is 0.475. The fraction of sp³-hybridized carbons (Fsp3) is 0.0417. The molecular weight excluding hydrogens is 397 g/mol. The van der Waals surface area contributed by atoms with Crippen molar-refractivity contribution in [1.82, 2.24) is 10.9 Å². The predicted molar refractivity (Wildman–Crippen MR) is 114 cm³/mol. The molecule has 0 atom stereocenters. The molecule has 0 aliphatic rings. The normalized spacial score (nSPS) is 10.3. The van der Waals surface area contributed by atoms with Crippen LogP contribution in [0.4, 0.5) is 4.39 Å². The van der Waals surface area contributed by atoms with Gasteiger partial charge in [-0.3, -0.25) is 20.4 Å². The van der Waals surface area contributed by atoms with Gasteiger partial charge in [0.05, 0.1) is 11.6 Å². The largest absolute Gasteiger partial charge is 0.484 e. The lowest BCUT2D eigenvalue weighted by molar-refractivity contribution is -0.128. The summed E-state index contributed by atoms with van der Waals surface area (Å²) < 4.78 is 18.5. The van der Waals surface area contributed by atoms with Gasteiger partial charge in [-0.25, -0.2) is 4.39 Å². The van der Waals surface area contributed by atoms with Crippen LogP contribution in [0.15, 0.2) is 78.9 Å². The standard InChI is InChI=1S/C24H18FN3O3/c25-21-3-1-2-17(14-21)6-13-23(29)27-28-24(30)16-31-22-11-9-20(10-12-22)19-7-4-18(15-26)5-8-19/h1-14H,16H2,(H,27,29)(H,28,30)/b13-6+. The Labute approximate surface area is 178 Å². The molecule has 0 bridgehead atoms. The highest BCUT2D eigenvalue weighted by atomic mass is 19.1. The smallest absolute Gasteiger partial charge is 0.276 e. The minimum absolute atomic E-state index is 0.288. The molecular formula is C24H18FN3O3. The third-order valence-corrected chi connectivity index (χ3v) is 4.17. The van der Waals surface area contributed by atoms with Crippen LogP contribution in [0.2, 0.25) is 0 Å². The Hall–Kier alpha value is -4.44. The molecule has 3 aromatic rings. The van der Waals surface area contributed by atoms with Crippen LogP contribution in [0.25, 0.3) is 17.2 Å². The van der Waals surface area contributed by atoms with Gasteiger partial charge in [-0.1, -0.05) is 36.4 Å². The van der Waals surface area contributed by atoms with E-state index in [0.29, 0.717) is 16.9 Å². The minimum Gasteiger partial charge on any atom is -0.484 e. The van der Waals surface area contributed by atoms with Crippen molar-refractivity contribution in [2.24, 2.45) is 0 Å². The first kappa shape index (κ1) is 21.3. The second-order valence-electron chi connectivity index (χ2n) is 6.43. The molecule has 3 aromatic carbocycles. The molecule has 0 unspecified atom stereocenters. The molecule has 2 N–H and O–H groups in total. The third-order valence-electron chi connectivity index (χ3n) is 4.17. The second-order valence-corrected chi connectivity index (χ2v) is 6.43. The van der Waals surface area contributed by atoms with Crippen molar-refractivity contribution in [3.63, 3.8) is 0 Å². The Bertz CT molecular complexity index is 1130. The number of hydrazine groups is 1. The summed E-state index contributed by atoms with van der Waals surface area (Å²) in [5, 5.41) is 8.85. The van der Waals surface area contributed by atoms with Crippen LogP contribution in [0.1, 0.15) is 11.1 Å². The Balaban J connectivity index is 1.43. The van der Waals surface area contributed by atoms with Crippen LogP contribution in [-0.2, 0) is 9.59 Å². The number of hydrogen-bond donors (Lipinski definition) is 2. The Kier molecular flexibility index (Phi) is 7.12. The number of halogens is 1. The SMILES string of the molecule is N#Cc1ccc(-c2ccc(OCC(=O)NNC(=O)/C=C/c3cccc(F)c3)cc2)cc1. The molecule has 6 nitrogen and oxygen atoms in total. The van der Waals surface area contributed by atoms with Crippen LogP contribution < -0.4 is 15.6 Å². The van der Waals surface area contributed by atoms with Gasteiger partial charge in [0.1, 0.15) is 11.6 Å². The average Bonchev–Trinajstić information content (AvgIpc) is 2.80. The predicted octanol–water partition coefficient (Wildman–Crippen LogP) is 3.60. The van der Waals surface area contributed by atoms with Crippen LogP contribution in [0.3, 0.4) is 0 Å². The average molecular weight is 415 g/mol. The van der Waals surface area contributed by atoms with Crippen LogP contribution in [-0.4, -0.2) is 18.4 Å². The number of amides is 2. The van der Waals surface area contributed by atoms with Crippen molar-refractivity contribution in [3.8, 4) is 22.9 Å². The molecule has 0 aromatic heterocycles. The molecule has 0 aliphatic heterocycles. The lowest BCUT2D eigenvalue weighted by Gasteiger charge is -2.08. The van der Waals surface area contributed by atoms with E-state index in [1.54, 1.807) is 30.3 Å². The highest BCUT2D eigenvalue weighted by Gasteiger charge is 2.05. The molecule has 0 aliphatic carbocycles. The summed E-state index contributed by atoms with van der Waals surface area (Å²) in [5.74, 6) is -1.02. The number of nitriles is 1. The zero-order valence-corrected chi connectivity index (χ0v) is 16.3. The number of carbonyl (C=O) groups is 2. The zero-order valence-electron chi connectivity index (χ0n) is 16.3. The van der Waals surface area contributed by atoms with Crippen LogP contribution >= 0.6 is 0 Å². The highest BCUT2D eigenvalue weighted by Crippen LogP contribution is 2.22. The van der Waals surface area contributed by atoms with E-state index in [2.05, 4.69) is 16.9 Å². The van der Waals surface area contributed by atoms with E-state index in [1.165, 1.54) is 30.4 Å². The van der Waals surface area contributed by atoms with E-state index in [-0.39, 0.29) is 6.61 Å². The molecule has 31 heavy (non-hydrogen) atoms. The maximum absolute atomic E-state index is 13.1. The first-order chi connectivity index (χ1) is 15.0. The number of rotatable bonds is 6. The van der Waals surface area contributed by atoms with Crippen LogP contribution in [0, 0.1) is 17.1 Å². The molecule has 154 valence electrons. The van der Waals surface area contributed by atoms with Crippen molar-refractivity contribution in [1.29, 1.82) is 5.26 Å². The van der Waals surface area contributed by atoms with Crippen molar-refractivity contribution >= 4 is 17.9 Å². The number of nitrogens with one attached hydrogen (secondary N) is 2. The maximum atomic E-state index is 13.1. The topological polar surface area (TPSA) is 91.2 Å². The summed E-state index contributed by atoms with van der Waals surface area (Å²) in [5.41, 5.74) is 7.47. The molecule has 0 radical (unpaired) electrons. The van der Waals surface area contributed by atoms with E-state index >= 15 is 0 Å². The summed E-state index contributed by atoms with van der Waals surface area (Å²) in [6.07, 6.45) is 2.61. The minimum atomic E-state index is -0.565. The molecule has 3 rings (SSSR count). The molecule has 0 saturated carbocycles. The molecule has 7 heteroatoms. The fourth-order valence-corrected chi connectivity index (χ4v) is 2.62. The van der Waals surface area contributed by atoms with Crippen molar-refractivity contribution < 1.29 is 18.7 Å². The lowest BCUT2D eigenvalue weighted by Crippen LogP contribution is -2.43. The van der Waals surface area contributed by atoms with Gasteiger partial charge in [-0.2, -0.15) is 5.26 Å². The van der Waals surface area contributed by atoms with E-state index in [9.17, 15) is 14.0 Å². The van der Waals surface area contributed by atoms with Gasteiger partial charge in [0.15, 0.2) is 6.61 Å². The molecule has 0 heterocycles. The van der Waals surface area contributed by atoms with Gasteiger partial charge >= 0.3 is 0 Å². The van der Waals surface area contributed by atoms with Gasteiger partial charge in [-0.15, -0.1) is 0 Å². The molecule has 2 amide bonds. The number of carbonyl (C=O) groups excluding carboxylic acids is 2. The van der Waals surface area contributed by atoms with E-state index in [0.717, 1.165) is 11.1 Å². The summed E-state index contributed by atoms with van der Waals surface area (Å²) in [7, 11) is 0. The highest BCUT2D eigenvalue weighted by molar-refractivity contribution is 5.93. The van der Waals surface area contributed by atoms with Gasteiger partial charge in [-0.05, 0) is 59.2 Å². The summed E-state index contributed by atoms with van der Waals surface area (Å²) in [6.45, 7) is -0.288. The zero-order chi connectivity index (χ0) is 22.1. The van der Waals surface area contributed by atoms with Crippen molar-refractivity contribution in [2.75, 3.05) is 6.61 Å². The Morgan fingerprint density at radius 1 is 0.968 bits per heavy atom. The Morgan fingerprint density at radius 2 is 1.65 bits per heavy atom. The van der Waals surface area contributed by atoms with Gasteiger partial charge in [0, 0.05) is 6.08 Å². The van der Waals surface area contributed by atoms with Gasteiger partial charge < -0.3 is 4.74 Å². The lowest BCUT2D eigenvalue weighted by atomic mass is 10.0. The maximum Gasteiger partial charge on any atom is 0.276 e. The monoisotopic (exact) mass is 415 g/mol. The first-order valence-electron chi connectivity index (χ1n) is 9.29. The number of ether oxygens (including phenoxy) is 1. The first-order valence-corrected chi connectivity index (χ1v) is 9.29. The fourth-order valence-electron chi connectivity index (χ4n) is 2.62. The molecule has 0 saturated heterocycles. The van der Waals surface area contributed by atoms with Crippen molar-refractivity contribution in [2.45, 2.75) is 0 Å². The summed E-state index contributed by atoms with van der Waals surface area (Å²) >= 11 is 0. The van der Waals surface area contributed by atoms with E-state index < -0.39 is 17.6 Å².